The average Bonchev–Trinajstić information content (AvgIpc) is 2.63. The van der Waals surface area contributed by atoms with E-state index in [9.17, 15) is 14.0 Å². The summed E-state index contributed by atoms with van der Waals surface area (Å²) in [6.45, 7) is 3.48. The van der Waals surface area contributed by atoms with Crippen LogP contribution in [-0.2, 0) is 9.59 Å². The van der Waals surface area contributed by atoms with Crippen molar-refractivity contribution < 1.29 is 23.5 Å². The maximum absolute atomic E-state index is 13.8. The Morgan fingerprint density at radius 3 is 2.85 bits per heavy atom. The number of fused-ring (bicyclic) bond motifs is 1. The number of amides is 2. The minimum absolute atomic E-state index is 0.0522. The fourth-order valence-corrected chi connectivity index (χ4v) is 2.71. The number of hydrogen-bond donors (Lipinski definition) is 1. The summed E-state index contributed by atoms with van der Waals surface area (Å²) in [5.74, 6) is -1.14. The highest BCUT2D eigenvalue weighted by Gasteiger charge is 2.50. The summed E-state index contributed by atoms with van der Waals surface area (Å²) in [5.41, 5.74) is -1.62. The number of benzene rings is 1. The van der Waals surface area contributed by atoms with Gasteiger partial charge in [0, 0.05) is 24.5 Å². The zero-order valence-electron chi connectivity index (χ0n) is 14.6. The first-order valence-corrected chi connectivity index (χ1v) is 8.01. The van der Waals surface area contributed by atoms with Gasteiger partial charge in [-0.15, -0.1) is 0 Å². The lowest BCUT2D eigenvalue weighted by atomic mass is 10.0. The summed E-state index contributed by atoms with van der Waals surface area (Å²) in [6, 6.07) is 7.26. The number of rotatable bonds is 4. The van der Waals surface area contributed by atoms with Crippen molar-refractivity contribution in [1.82, 2.24) is 4.98 Å². The molecule has 0 spiro atoms. The minimum Gasteiger partial charge on any atom is -0.494 e. The van der Waals surface area contributed by atoms with Crippen LogP contribution in [0.4, 0.5) is 15.9 Å². The number of methoxy groups -OCH3 is 1. The Kier molecular flexibility index (Phi) is 4.50. The maximum atomic E-state index is 13.8. The molecule has 0 aliphatic carbocycles. The number of hydrogen-bond acceptors (Lipinski definition) is 5. The molecule has 1 aliphatic heterocycles. The lowest BCUT2D eigenvalue weighted by Crippen LogP contribution is -2.60. The molecule has 136 valence electrons. The van der Waals surface area contributed by atoms with Crippen molar-refractivity contribution in [1.29, 1.82) is 0 Å². The van der Waals surface area contributed by atoms with E-state index in [0.29, 0.717) is 18.1 Å². The Morgan fingerprint density at radius 1 is 1.42 bits per heavy atom. The second-order valence-corrected chi connectivity index (χ2v) is 5.81. The Morgan fingerprint density at radius 2 is 2.19 bits per heavy atom. The molecule has 1 aromatic heterocycles. The fraction of sp³-hybridized carbons (Fsp3) is 0.278. The number of nitrogens with zero attached hydrogens (tertiary/aromatic N) is 2. The highest BCUT2D eigenvalue weighted by Crippen LogP contribution is 2.36. The molecule has 0 saturated heterocycles. The van der Waals surface area contributed by atoms with Crippen LogP contribution in [0.15, 0.2) is 36.5 Å². The molecule has 0 fully saturated rings. The number of carbonyl (C=O) groups is 2. The van der Waals surface area contributed by atoms with E-state index in [2.05, 4.69) is 10.3 Å². The molecular weight excluding hydrogens is 341 g/mol. The number of likely N-dealkylation sites (N-methyl/N-ethyl adjacent to an activating group) is 1. The number of ether oxygens (including phenoxy) is 2. The predicted octanol–water partition coefficient (Wildman–Crippen LogP) is 2.37. The third-order valence-corrected chi connectivity index (χ3v) is 4.13. The monoisotopic (exact) mass is 359 g/mol. The SMILES string of the molecule is CCN1C(=O)[C@](C)(C(=O)Nc2ccc(OC)c(F)c2)Oc2cccnc21. The van der Waals surface area contributed by atoms with Crippen molar-refractivity contribution in [2.45, 2.75) is 19.4 Å². The number of aromatic nitrogens is 1. The van der Waals surface area contributed by atoms with Crippen LogP contribution in [0.5, 0.6) is 11.5 Å². The standard InChI is InChI=1S/C18H18FN3O4/c1-4-22-15-14(6-5-9-20-15)26-18(2,17(22)24)16(23)21-11-7-8-13(25-3)12(19)10-11/h5-10H,4H2,1-3H3,(H,21,23)/t18-/m0/s1. The van der Waals surface area contributed by atoms with Gasteiger partial charge in [0.1, 0.15) is 0 Å². The van der Waals surface area contributed by atoms with Crippen LogP contribution in [0.1, 0.15) is 13.8 Å². The molecule has 26 heavy (non-hydrogen) atoms. The second kappa shape index (κ2) is 6.62. The van der Waals surface area contributed by atoms with Gasteiger partial charge in [-0.3, -0.25) is 14.5 Å². The Hall–Kier alpha value is -3.16. The molecule has 8 heteroatoms. The zero-order chi connectivity index (χ0) is 18.9. The van der Waals surface area contributed by atoms with E-state index in [4.69, 9.17) is 9.47 Å². The lowest BCUT2D eigenvalue weighted by Gasteiger charge is -2.38. The molecule has 3 rings (SSSR count). The van der Waals surface area contributed by atoms with Gasteiger partial charge in [-0.05, 0) is 38.1 Å². The van der Waals surface area contributed by atoms with Crippen molar-refractivity contribution in [3.8, 4) is 11.5 Å². The van der Waals surface area contributed by atoms with Crippen LogP contribution in [0.3, 0.4) is 0 Å². The Labute approximate surface area is 149 Å². The van der Waals surface area contributed by atoms with E-state index in [1.54, 1.807) is 25.3 Å². The fourth-order valence-electron chi connectivity index (χ4n) is 2.71. The van der Waals surface area contributed by atoms with Gasteiger partial charge < -0.3 is 14.8 Å². The third-order valence-electron chi connectivity index (χ3n) is 4.13. The largest absolute Gasteiger partial charge is 0.494 e. The summed E-state index contributed by atoms with van der Waals surface area (Å²) in [5, 5.41) is 2.52. The van der Waals surface area contributed by atoms with Crippen LogP contribution >= 0.6 is 0 Å². The van der Waals surface area contributed by atoms with Gasteiger partial charge in [0.2, 0.25) is 0 Å². The number of nitrogens with one attached hydrogen (secondary N) is 1. The van der Waals surface area contributed by atoms with Gasteiger partial charge in [-0.25, -0.2) is 9.37 Å². The quantitative estimate of drug-likeness (QED) is 0.848. The van der Waals surface area contributed by atoms with E-state index in [0.717, 1.165) is 6.07 Å². The van der Waals surface area contributed by atoms with Gasteiger partial charge in [-0.1, -0.05) is 0 Å². The van der Waals surface area contributed by atoms with E-state index < -0.39 is 23.2 Å². The Bertz CT molecular complexity index is 873. The van der Waals surface area contributed by atoms with Gasteiger partial charge in [0.25, 0.3) is 17.4 Å². The van der Waals surface area contributed by atoms with Crippen molar-refractivity contribution in [3.63, 3.8) is 0 Å². The molecule has 0 radical (unpaired) electrons. The molecule has 1 aliphatic rings. The molecule has 2 heterocycles. The van der Waals surface area contributed by atoms with Crippen LogP contribution in [-0.4, -0.2) is 36.1 Å². The predicted molar refractivity (Wildman–Crippen MR) is 92.9 cm³/mol. The van der Waals surface area contributed by atoms with Gasteiger partial charge in [-0.2, -0.15) is 0 Å². The van der Waals surface area contributed by atoms with E-state index in [-0.39, 0.29) is 11.4 Å². The zero-order valence-corrected chi connectivity index (χ0v) is 14.6. The van der Waals surface area contributed by atoms with Crippen LogP contribution < -0.4 is 19.7 Å². The Balaban J connectivity index is 1.91. The van der Waals surface area contributed by atoms with Gasteiger partial charge in [0.05, 0.1) is 7.11 Å². The first kappa shape index (κ1) is 17.7. The maximum Gasteiger partial charge on any atom is 0.282 e. The summed E-state index contributed by atoms with van der Waals surface area (Å²) < 4.78 is 24.4. The molecule has 7 nitrogen and oxygen atoms in total. The lowest BCUT2D eigenvalue weighted by molar-refractivity contribution is -0.145. The molecule has 1 atom stereocenters. The van der Waals surface area contributed by atoms with Crippen molar-refractivity contribution in [3.05, 3.63) is 42.3 Å². The van der Waals surface area contributed by atoms with E-state index in [1.807, 2.05) is 0 Å². The van der Waals surface area contributed by atoms with Crippen LogP contribution in [0.25, 0.3) is 0 Å². The molecule has 0 bridgehead atoms. The van der Waals surface area contributed by atoms with Crippen molar-refractivity contribution in [2.75, 3.05) is 23.9 Å². The number of halogens is 1. The first-order valence-electron chi connectivity index (χ1n) is 8.01. The summed E-state index contributed by atoms with van der Waals surface area (Å²) >= 11 is 0. The molecule has 0 unspecified atom stereocenters. The summed E-state index contributed by atoms with van der Waals surface area (Å²) in [4.78, 5) is 31.2. The third kappa shape index (κ3) is 2.83. The first-order chi connectivity index (χ1) is 12.4. The number of carbonyl (C=O) groups excluding carboxylic acids is 2. The van der Waals surface area contributed by atoms with Crippen molar-refractivity contribution in [2.24, 2.45) is 0 Å². The van der Waals surface area contributed by atoms with Crippen LogP contribution in [0.2, 0.25) is 0 Å². The van der Waals surface area contributed by atoms with E-state index in [1.165, 1.54) is 31.1 Å². The molecule has 1 aromatic carbocycles. The molecule has 0 saturated carbocycles. The summed E-state index contributed by atoms with van der Waals surface area (Å²) in [6.07, 6.45) is 1.54. The topological polar surface area (TPSA) is 80.8 Å². The van der Waals surface area contributed by atoms with Crippen molar-refractivity contribution >= 4 is 23.3 Å². The normalized spacial score (nSPS) is 18.8. The smallest absolute Gasteiger partial charge is 0.282 e. The minimum atomic E-state index is -1.80. The highest BCUT2D eigenvalue weighted by molar-refractivity contribution is 6.19. The molecule has 1 N–H and O–H groups in total. The highest BCUT2D eigenvalue weighted by atomic mass is 19.1. The van der Waals surface area contributed by atoms with Crippen LogP contribution in [0, 0.1) is 5.82 Å². The second-order valence-electron chi connectivity index (χ2n) is 5.81. The van der Waals surface area contributed by atoms with Gasteiger partial charge >= 0.3 is 0 Å². The molecular formula is C18H18FN3O4. The van der Waals surface area contributed by atoms with E-state index >= 15 is 0 Å². The molecule has 2 aromatic rings. The van der Waals surface area contributed by atoms with Gasteiger partial charge in [0.15, 0.2) is 23.1 Å². The average molecular weight is 359 g/mol. The summed E-state index contributed by atoms with van der Waals surface area (Å²) in [7, 11) is 1.34. The number of anilines is 2. The molecule has 2 amide bonds. The number of pyridine rings is 1.